The molecule has 1 aromatic rings. The van der Waals surface area contributed by atoms with Gasteiger partial charge in [-0.2, -0.15) is 0 Å². The first kappa shape index (κ1) is 13.5. The van der Waals surface area contributed by atoms with Crippen molar-refractivity contribution in [2.24, 2.45) is 11.1 Å². The molecule has 100 valence electrons. The summed E-state index contributed by atoms with van der Waals surface area (Å²) in [7, 11) is 0. The summed E-state index contributed by atoms with van der Waals surface area (Å²) in [6.07, 6.45) is 6.09. The maximum Gasteiger partial charge on any atom is 0.123 e. The molecule has 1 aliphatic rings. The number of benzene rings is 1. The maximum atomic E-state index is 13.4. The van der Waals surface area contributed by atoms with Crippen LogP contribution in [0.25, 0.3) is 0 Å². The summed E-state index contributed by atoms with van der Waals surface area (Å²) in [6.45, 7) is 6.19. The van der Waals surface area contributed by atoms with Gasteiger partial charge >= 0.3 is 0 Å². The molecule has 2 rings (SSSR count). The molecule has 1 unspecified atom stereocenters. The zero-order valence-electron chi connectivity index (χ0n) is 11.7. The minimum Gasteiger partial charge on any atom is -0.323 e. The van der Waals surface area contributed by atoms with Crippen LogP contribution >= 0.6 is 0 Å². The van der Waals surface area contributed by atoms with Crippen molar-refractivity contribution in [3.8, 4) is 0 Å². The van der Waals surface area contributed by atoms with Crippen LogP contribution < -0.4 is 5.73 Å². The minimum absolute atomic E-state index is 0.0469. The van der Waals surface area contributed by atoms with Gasteiger partial charge in [0.2, 0.25) is 0 Å². The predicted octanol–water partition coefficient (Wildman–Crippen LogP) is 4.41. The van der Waals surface area contributed by atoms with Crippen LogP contribution in [0, 0.1) is 25.1 Å². The Kier molecular flexibility index (Phi) is 3.76. The molecule has 0 spiro atoms. The molecule has 1 fully saturated rings. The molecule has 0 heterocycles. The molecular weight excluding hydrogens is 225 g/mol. The molecule has 0 amide bonds. The van der Waals surface area contributed by atoms with E-state index >= 15 is 0 Å². The maximum absolute atomic E-state index is 13.4. The lowest BCUT2D eigenvalue weighted by Crippen LogP contribution is -2.32. The van der Waals surface area contributed by atoms with Gasteiger partial charge in [0.1, 0.15) is 5.82 Å². The zero-order chi connectivity index (χ0) is 13.3. The summed E-state index contributed by atoms with van der Waals surface area (Å²) >= 11 is 0. The summed E-state index contributed by atoms with van der Waals surface area (Å²) in [4.78, 5) is 0. The largest absolute Gasteiger partial charge is 0.323 e. The van der Waals surface area contributed by atoms with Crippen LogP contribution in [0.3, 0.4) is 0 Å². The number of rotatable bonds is 3. The van der Waals surface area contributed by atoms with E-state index in [9.17, 15) is 4.39 Å². The first-order chi connectivity index (χ1) is 8.50. The molecule has 0 aromatic heterocycles. The quantitative estimate of drug-likeness (QED) is 0.843. The molecule has 1 saturated carbocycles. The molecule has 0 bridgehead atoms. The summed E-state index contributed by atoms with van der Waals surface area (Å²) in [5.74, 6) is -0.155. The second-order valence-corrected chi connectivity index (χ2v) is 5.85. The van der Waals surface area contributed by atoms with E-state index in [0.29, 0.717) is 0 Å². The Bertz CT molecular complexity index is 410. The van der Waals surface area contributed by atoms with Crippen molar-refractivity contribution >= 4 is 0 Å². The van der Waals surface area contributed by atoms with Crippen LogP contribution in [0.2, 0.25) is 0 Å². The van der Waals surface area contributed by atoms with Crippen LogP contribution in [0.5, 0.6) is 0 Å². The van der Waals surface area contributed by atoms with E-state index in [4.69, 9.17) is 5.73 Å². The van der Waals surface area contributed by atoms with Gasteiger partial charge in [0.25, 0.3) is 0 Å². The highest BCUT2D eigenvalue weighted by Crippen LogP contribution is 2.49. The van der Waals surface area contributed by atoms with Crippen LogP contribution in [0.4, 0.5) is 4.39 Å². The van der Waals surface area contributed by atoms with Crippen LogP contribution in [0.1, 0.15) is 61.8 Å². The third-order valence-corrected chi connectivity index (χ3v) is 4.83. The van der Waals surface area contributed by atoms with Crippen LogP contribution in [-0.2, 0) is 0 Å². The van der Waals surface area contributed by atoms with Gasteiger partial charge in [0, 0.05) is 6.04 Å². The second kappa shape index (κ2) is 5.00. The third kappa shape index (κ3) is 2.18. The summed E-state index contributed by atoms with van der Waals surface area (Å²) in [5, 5.41) is 0. The topological polar surface area (TPSA) is 26.0 Å². The minimum atomic E-state index is -0.155. The summed E-state index contributed by atoms with van der Waals surface area (Å²) in [6, 6.07) is 3.27. The molecule has 0 saturated heterocycles. The second-order valence-electron chi connectivity index (χ2n) is 5.85. The molecule has 1 aliphatic carbocycles. The van der Waals surface area contributed by atoms with Gasteiger partial charge in [-0.3, -0.25) is 0 Å². The van der Waals surface area contributed by atoms with Gasteiger partial charge in [-0.1, -0.05) is 19.8 Å². The van der Waals surface area contributed by atoms with Gasteiger partial charge in [-0.25, -0.2) is 4.39 Å². The Balaban J connectivity index is 2.42. The average Bonchev–Trinajstić information content (AvgIpc) is 2.77. The smallest absolute Gasteiger partial charge is 0.123 e. The molecule has 1 aromatic carbocycles. The highest BCUT2D eigenvalue weighted by atomic mass is 19.1. The van der Waals surface area contributed by atoms with Gasteiger partial charge in [0.05, 0.1) is 0 Å². The number of hydrogen-bond acceptors (Lipinski definition) is 1. The molecule has 0 aliphatic heterocycles. The Hall–Kier alpha value is -0.890. The van der Waals surface area contributed by atoms with E-state index in [0.717, 1.165) is 17.5 Å². The Morgan fingerprint density at radius 3 is 2.17 bits per heavy atom. The fourth-order valence-corrected chi connectivity index (χ4v) is 3.68. The fourth-order valence-electron chi connectivity index (χ4n) is 3.68. The normalized spacial score (nSPS) is 20.1. The Morgan fingerprint density at radius 1 is 1.22 bits per heavy atom. The standard InChI is InChI=1S/C16H24FN/c1-4-16(7-5-6-8-16)15(18)14-11(2)9-13(17)10-12(14)3/h9-10,15H,4-8,18H2,1-3H3. The number of aryl methyl sites for hydroxylation is 2. The lowest BCUT2D eigenvalue weighted by molar-refractivity contribution is 0.221. The molecule has 1 nitrogen and oxygen atoms in total. The highest BCUT2D eigenvalue weighted by molar-refractivity contribution is 5.38. The average molecular weight is 249 g/mol. The van der Waals surface area contributed by atoms with Gasteiger partial charge in [0.15, 0.2) is 0 Å². The molecule has 0 radical (unpaired) electrons. The first-order valence-corrected chi connectivity index (χ1v) is 7.02. The lowest BCUT2D eigenvalue weighted by Gasteiger charge is -2.36. The van der Waals surface area contributed by atoms with E-state index in [1.807, 2.05) is 13.8 Å². The Labute approximate surface area is 110 Å². The number of halogens is 1. The van der Waals surface area contributed by atoms with Crippen molar-refractivity contribution in [3.63, 3.8) is 0 Å². The SMILES string of the molecule is CCC1(C(N)c2c(C)cc(F)cc2C)CCCC1. The van der Waals surface area contributed by atoms with E-state index in [2.05, 4.69) is 6.92 Å². The van der Waals surface area contributed by atoms with E-state index in [-0.39, 0.29) is 17.3 Å². The number of hydrogen-bond donors (Lipinski definition) is 1. The zero-order valence-corrected chi connectivity index (χ0v) is 11.7. The van der Waals surface area contributed by atoms with Gasteiger partial charge < -0.3 is 5.73 Å². The third-order valence-electron chi connectivity index (χ3n) is 4.83. The summed E-state index contributed by atoms with van der Waals surface area (Å²) in [5.41, 5.74) is 9.97. The van der Waals surface area contributed by atoms with Gasteiger partial charge in [-0.15, -0.1) is 0 Å². The van der Waals surface area contributed by atoms with Crippen LogP contribution in [-0.4, -0.2) is 0 Å². The van der Waals surface area contributed by atoms with Crippen molar-refractivity contribution in [1.82, 2.24) is 0 Å². The van der Waals surface area contributed by atoms with E-state index in [1.165, 1.54) is 31.2 Å². The Morgan fingerprint density at radius 2 is 1.72 bits per heavy atom. The molecule has 2 heteroatoms. The van der Waals surface area contributed by atoms with Crippen molar-refractivity contribution in [2.45, 2.75) is 58.9 Å². The molecule has 2 N–H and O–H groups in total. The van der Waals surface area contributed by atoms with Crippen LogP contribution in [0.15, 0.2) is 12.1 Å². The van der Waals surface area contributed by atoms with Crippen molar-refractivity contribution < 1.29 is 4.39 Å². The van der Waals surface area contributed by atoms with Crippen molar-refractivity contribution in [3.05, 3.63) is 34.6 Å². The van der Waals surface area contributed by atoms with Crippen molar-refractivity contribution in [2.75, 3.05) is 0 Å². The first-order valence-electron chi connectivity index (χ1n) is 7.02. The van der Waals surface area contributed by atoms with Crippen molar-refractivity contribution in [1.29, 1.82) is 0 Å². The lowest BCUT2D eigenvalue weighted by atomic mass is 9.72. The summed E-state index contributed by atoms with van der Waals surface area (Å²) < 4.78 is 13.4. The predicted molar refractivity (Wildman–Crippen MR) is 74.0 cm³/mol. The van der Waals surface area contributed by atoms with E-state index < -0.39 is 0 Å². The number of nitrogens with two attached hydrogens (primary N) is 1. The molecule has 18 heavy (non-hydrogen) atoms. The monoisotopic (exact) mass is 249 g/mol. The fraction of sp³-hybridized carbons (Fsp3) is 0.625. The highest BCUT2D eigenvalue weighted by Gasteiger charge is 2.39. The molecule has 1 atom stereocenters. The van der Waals surface area contributed by atoms with Gasteiger partial charge in [-0.05, 0) is 67.3 Å². The van der Waals surface area contributed by atoms with E-state index in [1.54, 1.807) is 12.1 Å². The molecular formula is C16H24FN.